The first-order valence-electron chi connectivity index (χ1n) is 25.9. The van der Waals surface area contributed by atoms with Crippen LogP contribution in [0.15, 0.2) is 105 Å². The molecule has 641 valence electrons. The van der Waals surface area contributed by atoms with Gasteiger partial charge < -0.3 is 40.9 Å². The van der Waals surface area contributed by atoms with Gasteiger partial charge in [0.05, 0.1) is 9.75 Å². The van der Waals surface area contributed by atoms with Crippen molar-refractivity contribution in [2.75, 3.05) is 0 Å². The molecule has 2 heterocycles. The molecule has 2 aromatic rings. The molecule has 2 aliphatic heterocycles. The fraction of sp³-hybridized carbons (Fsp3) is 0.296. The monoisotopic (exact) mass is 1930 g/mol. The van der Waals surface area contributed by atoms with E-state index in [0.717, 1.165) is 22.3 Å². The number of benzene rings is 4. The summed E-state index contributed by atoms with van der Waals surface area (Å²) in [6.45, 7) is 7.76. The van der Waals surface area contributed by atoms with Crippen molar-refractivity contribution >= 4 is 98.0 Å². The topological polar surface area (TPSA) is 347 Å². The van der Waals surface area contributed by atoms with Crippen LogP contribution in [0.1, 0.15) is 22.3 Å². The maximum absolute atomic E-state index is 12.2. The molecule has 0 N–H and O–H groups in total. The summed E-state index contributed by atoms with van der Waals surface area (Å²) in [6, 6.07) is 7.19. The first-order chi connectivity index (χ1) is 49.5. The van der Waals surface area contributed by atoms with Crippen LogP contribution in [0.4, 0.5) is 158 Å². The van der Waals surface area contributed by atoms with Gasteiger partial charge in [0.1, 0.15) is 11.4 Å². The second kappa shape index (κ2) is 43.0. The van der Waals surface area contributed by atoms with Gasteiger partial charge in [-0.25, -0.2) is 0 Å². The molecule has 2 aliphatic carbocycles. The maximum Gasteiger partial charge on any atom is 3.00 e. The van der Waals surface area contributed by atoms with Crippen LogP contribution in [0.5, 0.6) is 11.5 Å². The number of alkyl halides is 36. The molecule has 0 saturated carbocycles. The van der Waals surface area contributed by atoms with Crippen LogP contribution in [-0.2, 0) is 80.0 Å². The van der Waals surface area contributed by atoms with Crippen molar-refractivity contribution in [3.63, 3.8) is 0 Å². The number of rotatable bonds is 6. The number of carbonyl (C=O) groups is 6. The minimum atomic E-state index is -5.46. The normalized spacial score (nSPS) is 13.2. The largest absolute Gasteiger partial charge is 3.00 e. The van der Waals surface area contributed by atoms with Crippen molar-refractivity contribution in [3.8, 4) is 32.6 Å². The van der Waals surface area contributed by atoms with Crippen molar-refractivity contribution in [2.45, 2.75) is 102 Å². The number of aromatic nitrogens is 2. The van der Waals surface area contributed by atoms with E-state index in [2.05, 4.69) is 8.75 Å². The molecule has 0 bridgehead atoms. The molecule has 0 unspecified atom stereocenters. The van der Waals surface area contributed by atoms with Gasteiger partial charge in [-0.05, 0) is 144 Å². The van der Waals surface area contributed by atoms with Crippen molar-refractivity contribution in [2.24, 2.45) is 0 Å². The number of nitrogens with zero attached hydrogens (tertiary/aromatic N) is 2. The Hall–Kier alpha value is -8.62. The van der Waals surface area contributed by atoms with E-state index in [-0.39, 0.29) is 73.6 Å². The van der Waals surface area contributed by atoms with Crippen molar-refractivity contribution in [1.82, 2.24) is 8.75 Å². The average Bonchev–Trinajstić information content (AvgIpc) is 1.71. The van der Waals surface area contributed by atoms with Crippen molar-refractivity contribution in [3.05, 3.63) is 138 Å². The molecule has 0 atom stereocenters. The third-order valence-electron chi connectivity index (χ3n) is 10.9. The number of halogens is 36. The third-order valence-corrected chi connectivity index (χ3v) is 14.6. The Morgan fingerprint density at radius 1 is 0.287 bits per heavy atom. The molecule has 0 aromatic heterocycles. The van der Waals surface area contributed by atoms with Crippen LogP contribution < -0.4 is 51.7 Å². The Labute approximate surface area is 655 Å². The predicted molar refractivity (Wildman–Crippen MR) is 290 cm³/mol. The minimum absolute atomic E-state index is 0. The van der Waals surface area contributed by atoms with Crippen LogP contribution in [0.3, 0.4) is 0 Å². The summed E-state index contributed by atoms with van der Waals surface area (Å²) in [7, 11) is 4.93. The summed E-state index contributed by atoms with van der Waals surface area (Å²) in [5.41, 5.74) is 4.48. The molecule has 6 rings (SSSR count). The Balaban J connectivity index is -0.000000401. The Bertz CT molecular complexity index is 4080. The molecule has 0 amide bonds. The minimum Gasteiger partial charge on any atom is -0.871 e. The number of fused-ring (bicyclic) bond motifs is 4. The van der Waals surface area contributed by atoms with Gasteiger partial charge >= 0.3 is 125 Å². The summed E-state index contributed by atoms with van der Waals surface area (Å²) >= 11 is 0. The molecule has 0 fully saturated rings. The first-order valence-corrected chi connectivity index (χ1v) is 30.1. The SMILES string of the molecule is Cc1cc2c([O-])c3ssnc-3c(=O)c2cc1C.Cc1cc2c([O-])c3ssnc-3c(=O)c2cc1C.O=C(/C=C(\[O-])C(F)(F)F)C(F)(F)F.O=C(/C=C(\[O-])C(F)(F)F)C(F)(F)F.O=C(/C=C(\[O-])C(F)(F)F)C(F)(F)F.O=C(/C=C(\[O-])C(F)(F)F)C(F)(F)F.O=C(/C=C(\[O-])C(F)(F)F)C(F)(F)F.O=C(/C=C(\[O-])C(F)(F)F)C(F)(F)F.[Mn+2].[Mn+3].[Mn+3]. The van der Waals surface area contributed by atoms with E-state index in [4.69, 9.17) is 0 Å². The Morgan fingerprint density at radius 2 is 0.426 bits per heavy atom. The predicted octanol–water partition coefficient (Wildman–Crippen LogP) is 10.6. The molecular formula is C54H22F36Mn3N2O16S4. The number of carbonyl (C=O) groups excluding carboxylic acids is 6. The zero-order valence-corrected chi connectivity index (χ0v) is 60.4. The summed E-state index contributed by atoms with van der Waals surface area (Å²) in [4.78, 5) is 84.2. The van der Waals surface area contributed by atoms with E-state index in [1.54, 1.807) is 24.3 Å². The molecule has 115 heavy (non-hydrogen) atoms. The van der Waals surface area contributed by atoms with Crippen LogP contribution in [0, 0.1) is 27.7 Å². The molecule has 1 radical (unpaired) electrons. The summed E-state index contributed by atoms with van der Waals surface area (Å²) in [6.07, 6.45) is -71.7. The van der Waals surface area contributed by atoms with Gasteiger partial charge in [0.15, 0.2) is 0 Å². The number of aryl methyl sites for hydroxylation is 4. The summed E-state index contributed by atoms with van der Waals surface area (Å²) < 4.78 is 415. The number of hydrogen-bond donors (Lipinski definition) is 0. The standard InChI is InChI=1S/2C12H9NO2S2.6C5H2F6O2.3Mn/c2*1-5-3-7-8(4-6(5)2)11(15)12-9(10(7)14)13-17-16-12;6*6-4(7,8)2(12)1-3(13)5(9,10)11;;;/h2*3-4,15H,1-2H3;6*1,12H;;;/q;;;;;;;;+2;2*+3/p-8/b;;6*2-1-;;;. The molecule has 18 nitrogen and oxygen atoms in total. The average molecular weight is 1930 g/mol. The quantitative estimate of drug-likeness (QED) is 0.0491. The third kappa shape index (κ3) is 38.3. The molecule has 0 saturated heterocycles. The van der Waals surface area contributed by atoms with Crippen LogP contribution >= 0.6 is 41.8 Å². The zero-order valence-electron chi connectivity index (χ0n) is 53.6. The van der Waals surface area contributed by atoms with Crippen LogP contribution in [0.2, 0.25) is 0 Å². The Morgan fingerprint density at radius 3 is 0.557 bits per heavy atom. The van der Waals surface area contributed by atoms with Gasteiger partial charge in [0.25, 0.3) is 34.7 Å². The number of ketones is 6. The number of allylic oxidation sites excluding steroid dienone is 12. The zero-order chi connectivity index (χ0) is 89.5. The molecule has 61 heteroatoms. The van der Waals surface area contributed by atoms with E-state index in [0.29, 0.717) is 42.7 Å². The maximum atomic E-state index is 12.2. The van der Waals surface area contributed by atoms with E-state index in [9.17, 15) is 237 Å². The van der Waals surface area contributed by atoms with E-state index in [1.165, 1.54) is 41.8 Å². The van der Waals surface area contributed by atoms with Crippen LogP contribution in [0.25, 0.3) is 42.7 Å². The van der Waals surface area contributed by atoms with Gasteiger partial charge in [-0.15, -0.1) is 0 Å². The Kier molecular flexibility index (Phi) is 43.0. The number of hydrogen-bond acceptors (Lipinski definition) is 22. The molecule has 0 spiro atoms. The van der Waals surface area contributed by atoms with E-state index < -0.39 is 180 Å². The second-order valence-corrected chi connectivity index (χ2v) is 23.1. The molecule has 2 aromatic carbocycles. The second-order valence-electron chi connectivity index (χ2n) is 19.3. The van der Waals surface area contributed by atoms with Gasteiger partial charge in [0.2, 0.25) is 10.9 Å². The smallest absolute Gasteiger partial charge is 0.871 e. The van der Waals surface area contributed by atoms with E-state index in [1.807, 2.05) is 27.7 Å². The fourth-order valence-corrected chi connectivity index (χ4v) is 9.20. The van der Waals surface area contributed by atoms with Crippen LogP contribution in [-0.4, -0.2) is 118 Å². The fourth-order valence-electron chi connectivity index (χ4n) is 5.51. The van der Waals surface area contributed by atoms with E-state index >= 15 is 0 Å². The molecular weight excluding hydrogens is 1910 g/mol. The van der Waals surface area contributed by atoms with Gasteiger partial charge in [0, 0.05) is 31.8 Å². The van der Waals surface area contributed by atoms with Gasteiger partial charge in [-0.2, -0.15) is 167 Å². The van der Waals surface area contributed by atoms with Crippen molar-refractivity contribution in [1.29, 1.82) is 0 Å². The van der Waals surface area contributed by atoms with Gasteiger partial charge in [-0.3, -0.25) is 38.4 Å². The molecule has 4 aliphatic rings. The summed E-state index contributed by atoms with van der Waals surface area (Å²) in [5.74, 6) is -34.0. The van der Waals surface area contributed by atoms with Crippen molar-refractivity contribution < 1.29 is 279 Å². The van der Waals surface area contributed by atoms with Gasteiger partial charge in [-0.1, -0.05) is 44.3 Å². The first kappa shape index (κ1) is 115. The summed E-state index contributed by atoms with van der Waals surface area (Å²) in [5, 5.41) is 85.3.